The number of carbonyl (C=O) groups excluding carboxylic acids is 2. The summed E-state index contributed by atoms with van der Waals surface area (Å²) in [4.78, 5) is 24.8. The van der Waals surface area contributed by atoms with Gasteiger partial charge in [0, 0.05) is 18.1 Å². The number of anilines is 2. The largest absolute Gasteiger partial charge is 0.495 e. The second kappa shape index (κ2) is 9.62. The summed E-state index contributed by atoms with van der Waals surface area (Å²) in [7, 11) is 1.57. The lowest BCUT2D eigenvalue weighted by atomic mass is 10.1. The van der Waals surface area contributed by atoms with Crippen molar-refractivity contribution >= 4 is 23.3 Å². The van der Waals surface area contributed by atoms with E-state index >= 15 is 0 Å². The second-order valence-electron chi connectivity index (χ2n) is 7.97. The van der Waals surface area contributed by atoms with E-state index in [0.717, 1.165) is 28.1 Å². The second-order valence-corrected chi connectivity index (χ2v) is 7.97. The molecule has 1 aromatic heterocycles. The van der Waals surface area contributed by atoms with E-state index in [1.54, 1.807) is 36.1 Å². The van der Waals surface area contributed by atoms with Gasteiger partial charge < -0.3 is 15.4 Å². The zero-order valence-electron chi connectivity index (χ0n) is 19.5. The monoisotopic (exact) mass is 454 g/mol. The molecule has 0 atom stereocenters. The third-order valence-corrected chi connectivity index (χ3v) is 5.39. The zero-order valence-corrected chi connectivity index (χ0v) is 19.5. The predicted molar refractivity (Wildman–Crippen MR) is 134 cm³/mol. The summed E-state index contributed by atoms with van der Waals surface area (Å²) in [6.07, 6.45) is 0. The van der Waals surface area contributed by atoms with Gasteiger partial charge in [0.25, 0.3) is 5.91 Å². The van der Waals surface area contributed by atoms with Crippen molar-refractivity contribution in [3.63, 3.8) is 0 Å². The average molecular weight is 455 g/mol. The van der Waals surface area contributed by atoms with Crippen LogP contribution in [0.2, 0.25) is 0 Å². The van der Waals surface area contributed by atoms with Gasteiger partial charge in [-0.2, -0.15) is 5.10 Å². The Labute approximate surface area is 198 Å². The van der Waals surface area contributed by atoms with Gasteiger partial charge in [-0.15, -0.1) is 0 Å². The van der Waals surface area contributed by atoms with Gasteiger partial charge in [-0.25, -0.2) is 4.68 Å². The lowest BCUT2D eigenvalue weighted by Gasteiger charge is -2.12. The summed E-state index contributed by atoms with van der Waals surface area (Å²) in [5.74, 6) is 0.731. The molecule has 0 saturated heterocycles. The summed E-state index contributed by atoms with van der Waals surface area (Å²) >= 11 is 0. The first kappa shape index (κ1) is 22.8. The maximum Gasteiger partial charge on any atom is 0.255 e. The van der Waals surface area contributed by atoms with Crippen LogP contribution in [0.25, 0.3) is 16.8 Å². The molecule has 34 heavy (non-hydrogen) atoms. The molecule has 2 amide bonds. The van der Waals surface area contributed by atoms with E-state index in [1.165, 1.54) is 6.92 Å². The molecule has 0 aliphatic heterocycles. The highest BCUT2D eigenvalue weighted by molar-refractivity contribution is 6.05. The molecule has 4 aromatic rings. The third-order valence-electron chi connectivity index (χ3n) is 5.39. The molecule has 7 nitrogen and oxygen atoms in total. The first-order chi connectivity index (χ1) is 16.4. The van der Waals surface area contributed by atoms with E-state index in [0.29, 0.717) is 22.8 Å². The standard InChI is InChI=1S/C27H26N4O3/c1-17-10-15-24(34-4)23(16-17)29-27(33)21-11-13-22(14-12-21)31-26(28-19(3)32)25(18(2)30-31)20-8-6-5-7-9-20/h5-16H,1-4H3,(H,28,32)(H,29,33). The molecule has 7 heteroatoms. The molecule has 1 heterocycles. The summed E-state index contributed by atoms with van der Waals surface area (Å²) in [5.41, 5.74) is 5.42. The van der Waals surface area contributed by atoms with Crippen LogP contribution >= 0.6 is 0 Å². The van der Waals surface area contributed by atoms with E-state index in [-0.39, 0.29) is 11.8 Å². The van der Waals surface area contributed by atoms with Crippen LogP contribution in [0.3, 0.4) is 0 Å². The van der Waals surface area contributed by atoms with E-state index in [4.69, 9.17) is 4.74 Å². The van der Waals surface area contributed by atoms with Crippen LogP contribution in [0, 0.1) is 13.8 Å². The Morgan fingerprint density at radius 2 is 1.62 bits per heavy atom. The molecule has 0 aliphatic rings. The molecule has 0 bridgehead atoms. The summed E-state index contributed by atoms with van der Waals surface area (Å²) in [6, 6.07) is 22.4. The Morgan fingerprint density at radius 1 is 0.912 bits per heavy atom. The number of hydrogen-bond donors (Lipinski definition) is 2. The molecule has 4 rings (SSSR count). The molecule has 2 N–H and O–H groups in total. The number of rotatable bonds is 6. The minimum Gasteiger partial charge on any atom is -0.495 e. The van der Waals surface area contributed by atoms with Gasteiger partial charge in [-0.05, 0) is 61.4 Å². The quantitative estimate of drug-likeness (QED) is 0.410. The van der Waals surface area contributed by atoms with Gasteiger partial charge in [0.15, 0.2) is 0 Å². The maximum atomic E-state index is 12.9. The smallest absolute Gasteiger partial charge is 0.255 e. The minimum atomic E-state index is -0.251. The number of carbonyl (C=O) groups is 2. The number of nitrogens with one attached hydrogen (secondary N) is 2. The van der Waals surface area contributed by atoms with E-state index in [2.05, 4.69) is 15.7 Å². The lowest BCUT2D eigenvalue weighted by molar-refractivity contribution is -0.114. The lowest BCUT2D eigenvalue weighted by Crippen LogP contribution is -2.14. The molecular weight excluding hydrogens is 428 g/mol. The Bertz CT molecular complexity index is 1340. The minimum absolute atomic E-state index is 0.193. The highest BCUT2D eigenvalue weighted by atomic mass is 16.5. The normalized spacial score (nSPS) is 10.6. The van der Waals surface area contributed by atoms with Gasteiger partial charge in [-0.1, -0.05) is 36.4 Å². The number of hydrogen-bond acceptors (Lipinski definition) is 4. The fourth-order valence-corrected chi connectivity index (χ4v) is 3.81. The van der Waals surface area contributed by atoms with Crippen LogP contribution < -0.4 is 15.4 Å². The molecule has 0 aliphatic carbocycles. The summed E-state index contributed by atoms with van der Waals surface area (Å²) in [5, 5.41) is 10.5. The number of methoxy groups -OCH3 is 1. The van der Waals surface area contributed by atoms with Crippen LogP contribution in [0.1, 0.15) is 28.5 Å². The highest BCUT2D eigenvalue weighted by Gasteiger charge is 2.19. The van der Waals surface area contributed by atoms with E-state index in [9.17, 15) is 9.59 Å². The highest BCUT2D eigenvalue weighted by Crippen LogP contribution is 2.33. The third kappa shape index (κ3) is 4.68. The Kier molecular flexibility index (Phi) is 6.45. The fraction of sp³-hybridized carbons (Fsp3) is 0.148. The number of ether oxygens (including phenoxy) is 1. The first-order valence-corrected chi connectivity index (χ1v) is 10.9. The van der Waals surface area contributed by atoms with E-state index < -0.39 is 0 Å². The van der Waals surface area contributed by atoms with Gasteiger partial charge in [-0.3, -0.25) is 9.59 Å². The van der Waals surface area contributed by atoms with Crippen molar-refractivity contribution in [2.24, 2.45) is 0 Å². The fourth-order valence-electron chi connectivity index (χ4n) is 3.81. The van der Waals surface area contributed by atoms with Crippen LogP contribution in [0.15, 0.2) is 72.8 Å². The molecule has 0 saturated carbocycles. The molecule has 172 valence electrons. The van der Waals surface area contributed by atoms with Crippen molar-refractivity contribution in [2.75, 3.05) is 17.7 Å². The number of amides is 2. The van der Waals surface area contributed by atoms with Crippen molar-refractivity contribution in [1.29, 1.82) is 0 Å². The van der Waals surface area contributed by atoms with Gasteiger partial charge in [0.2, 0.25) is 5.91 Å². The number of benzene rings is 3. The SMILES string of the molecule is COc1ccc(C)cc1NC(=O)c1ccc(-n2nc(C)c(-c3ccccc3)c2NC(C)=O)cc1. The number of aryl methyl sites for hydroxylation is 2. The van der Waals surface area contributed by atoms with Crippen molar-refractivity contribution in [3.05, 3.63) is 89.6 Å². The Morgan fingerprint density at radius 3 is 2.26 bits per heavy atom. The van der Waals surface area contributed by atoms with E-state index in [1.807, 2.05) is 62.4 Å². The van der Waals surface area contributed by atoms with Gasteiger partial charge >= 0.3 is 0 Å². The summed E-state index contributed by atoms with van der Waals surface area (Å²) < 4.78 is 7.03. The maximum absolute atomic E-state index is 12.9. The topological polar surface area (TPSA) is 85.2 Å². The Hall–Kier alpha value is -4.39. The predicted octanol–water partition coefficient (Wildman–Crippen LogP) is 5.38. The van der Waals surface area contributed by atoms with Crippen LogP contribution in [-0.2, 0) is 4.79 Å². The first-order valence-electron chi connectivity index (χ1n) is 10.9. The molecule has 0 spiro atoms. The molecular formula is C27H26N4O3. The van der Waals surface area contributed by atoms with Gasteiger partial charge in [0.1, 0.15) is 11.6 Å². The number of nitrogens with zero attached hydrogens (tertiary/aromatic N) is 2. The van der Waals surface area contributed by atoms with Crippen molar-refractivity contribution in [3.8, 4) is 22.6 Å². The molecule has 0 unspecified atom stereocenters. The van der Waals surface area contributed by atoms with Crippen LogP contribution in [0.5, 0.6) is 5.75 Å². The zero-order chi connectivity index (χ0) is 24.2. The van der Waals surface area contributed by atoms with Crippen LogP contribution in [-0.4, -0.2) is 28.7 Å². The van der Waals surface area contributed by atoms with Gasteiger partial charge in [0.05, 0.1) is 24.2 Å². The molecule has 0 radical (unpaired) electrons. The van der Waals surface area contributed by atoms with Crippen molar-refractivity contribution < 1.29 is 14.3 Å². The Balaban J connectivity index is 1.66. The van der Waals surface area contributed by atoms with Crippen molar-refractivity contribution in [2.45, 2.75) is 20.8 Å². The van der Waals surface area contributed by atoms with Crippen molar-refractivity contribution in [1.82, 2.24) is 9.78 Å². The number of aromatic nitrogens is 2. The summed E-state index contributed by atoms with van der Waals surface area (Å²) in [6.45, 7) is 5.32. The van der Waals surface area contributed by atoms with Crippen LogP contribution in [0.4, 0.5) is 11.5 Å². The average Bonchev–Trinajstić information content (AvgIpc) is 3.14. The molecule has 0 fully saturated rings. The molecule has 3 aromatic carbocycles.